The number of carbonyl (C=O) groups is 2. The highest BCUT2D eigenvalue weighted by Gasteiger charge is 2.43. The maximum absolute atomic E-state index is 12.8. The number of nitrogens with one attached hydrogen (secondary N) is 1. The molecule has 0 aliphatic heterocycles. The van der Waals surface area contributed by atoms with Crippen molar-refractivity contribution >= 4 is 39.9 Å². The fourth-order valence-corrected chi connectivity index (χ4v) is 7.16. The van der Waals surface area contributed by atoms with Crippen LogP contribution in [-0.4, -0.2) is 32.3 Å². The van der Waals surface area contributed by atoms with Crippen molar-refractivity contribution in [3.05, 3.63) is 57.7 Å². The number of aromatic nitrogens is 3. The van der Waals surface area contributed by atoms with Gasteiger partial charge in [0.25, 0.3) is 5.91 Å². The van der Waals surface area contributed by atoms with Gasteiger partial charge >= 0.3 is 0 Å². The molecule has 1 saturated carbocycles. The summed E-state index contributed by atoms with van der Waals surface area (Å²) in [5.41, 5.74) is 8.52. The van der Waals surface area contributed by atoms with E-state index in [1.807, 2.05) is 6.07 Å². The smallest absolute Gasteiger partial charge is 0.251 e. The van der Waals surface area contributed by atoms with Crippen LogP contribution in [0.15, 0.2) is 35.5 Å². The SMILES string of the molecule is CCn1c(SCC(=O)Nc2sc3c(c2C(N)=O)CCC(C)C3)nnc1C1CC1c1ccccc1. The van der Waals surface area contributed by atoms with E-state index < -0.39 is 5.91 Å². The number of thioether (sulfide) groups is 1. The Morgan fingerprint density at radius 1 is 1.24 bits per heavy atom. The van der Waals surface area contributed by atoms with Crippen molar-refractivity contribution in [1.29, 1.82) is 0 Å². The van der Waals surface area contributed by atoms with E-state index >= 15 is 0 Å². The zero-order chi connectivity index (χ0) is 23.8. The summed E-state index contributed by atoms with van der Waals surface area (Å²) in [5, 5.41) is 13.1. The average Bonchev–Trinajstić information content (AvgIpc) is 3.38. The van der Waals surface area contributed by atoms with Gasteiger partial charge in [-0.2, -0.15) is 0 Å². The standard InChI is InChI=1S/C25H29N5O2S2/c1-3-30-23(18-12-17(18)15-7-5-4-6-8-15)28-29-25(30)33-13-20(31)27-24-21(22(26)32)16-10-9-14(2)11-19(16)34-24/h4-8,14,17-18H,3,9-13H2,1-2H3,(H2,26,32)(H,27,31). The first-order valence-electron chi connectivity index (χ1n) is 11.8. The summed E-state index contributed by atoms with van der Waals surface area (Å²) < 4.78 is 2.12. The van der Waals surface area contributed by atoms with Gasteiger partial charge in [0.2, 0.25) is 5.91 Å². The quantitative estimate of drug-likeness (QED) is 0.445. The minimum Gasteiger partial charge on any atom is -0.365 e. The molecular weight excluding hydrogens is 466 g/mol. The van der Waals surface area contributed by atoms with Crippen LogP contribution >= 0.6 is 23.1 Å². The maximum Gasteiger partial charge on any atom is 0.251 e. The molecule has 2 heterocycles. The first kappa shape index (κ1) is 23.1. The number of anilines is 1. The second kappa shape index (κ2) is 9.54. The lowest BCUT2D eigenvalue weighted by Gasteiger charge is -2.18. The third-order valence-corrected chi connectivity index (χ3v) is 8.89. The predicted molar refractivity (Wildman–Crippen MR) is 136 cm³/mol. The number of hydrogen-bond donors (Lipinski definition) is 2. The van der Waals surface area contributed by atoms with E-state index in [9.17, 15) is 9.59 Å². The van der Waals surface area contributed by atoms with E-state index in [0.29, 0.717) is 28.3 Å². The van der Waals surface area contributed by atoms with Gasteiger partial charge in [-0.3, -0.25) is 9.59 Å². The van der Waals surface area contributed by atoms with Crippen molar-refractivity contribution in [3.8, 4) is 0 Å². The van der Waals surface area contributed by atoms with Crippen LogP contribution in [0.1, 0.15) is 70.7 Å². The van der Waals surface area contributed by atoms with E-state index in [1.165, 1.54) is 33.5 Å². The Bertz CT molecular complexity index is 1220. The topological polar surface area (TPSA) is 103 Å². The molecule has 5 rings (SSSR count). The van der Waals surface area contributed by atoms with Crippen molar-refractivity contribution in [3.63, 3.8) is 0 Å². The molecule has 2 aromatic heterocycles. The summed E-state index contributed by atoms with van der Waals surface area (Å²) in [6, 6.07) is 10.5. The minimum absolute atomic E-state index is 0.167. The summed E-state index contributed by atoms with van der Waals surface area (Å²) in [4.78, 5) is 26.1. The predicted octanol–water partition coefficient (Wildman–Crippen LogP) is 4.59. The van der Waals surface area contributed by atoms with E-state index in [-0.39, 0.29) is 11.7 Å². The molecule has 2 amide bonds. The molecule has 178 valence electrons. The summed E-state index contributed by atoms with van der Waals surface area (Å²) >= 11 is 2.87. The first-order chi connectivity index (χ1) is 16.5. The van der Waals surface area contributed by atoms with Crippen molar-refractivity contribution in [2.24, 2.45) is 11.7 Å². The highest BCUT2D eigenvalue weighted by Crippen LogP contribution is 2.54. The Hall–Kier alpha value is -2.65. The Morgan fingerprint density at radius 2 is 2.03 bits per heavy atom. The van der Waals surface area contributed by atoms with Gasteiger partial charge in [-0.25, -0.2) is 0 Å². The van der Waals surface area contributed by atoms with Crippen LogP contribution in [0.2, 0.25) is 0 Å². The normalized spacial score (nSPS) is 21.2. The summed E-state index contributed by atoms with van der Waals surface area (Å²) in [7, 11) is 0. The summed E-state index contributed by atoms with van der Waals surface area (Å²) in [6.07, 6.45) is 3.88. The molecule has 3 aromatic rings. The van der Waals surface area contributed by atoms with Crippen LogP contribution in [0.3, 0.4) is 0 Å². The second-order valence-electron chi connectivity index (χ2n) is 9.20. The molecule has 3 N–H and O–H groups in total. The van der Waals surface area contributed by atoms with Gasteiger partial charge in [0.05, 0.1) is 11.3 Å². The highest BCUT2D eigenvalue weighted by atomic mass is 32.2. The third-order valence-electron chi connectivity index (χ3n) is 6.75. The van der Waals surface area contributed by atoms with Crippen LogP contribution in [-0.2, 0) is 24.2 Å². The fourth-order valence-electron chi connectivity index (χ4n) is 4.92. The number of carbonyl (C=O) groups excluding carboxylic acids is 2. The number of nitrogens with two attached hydrogens (primary N) is 1. The van der Waals surface area contributed by atoms with Gasteiger partial charge in [-0.05, 0) is 55.6 Å². The largest absolute Gasteiger partial charge is 0.365 e. The number of fused-ring (bicyclic) bond motifs is 1. The van der Waals surface area contributed by atoms with Crippen molar-refractivity contribution in [2.45, 2.75) is 63.1 Å². The Kier molecular flexibility index (Phi) is 6.48. The maximum atomic E-state index is 12.8. The van der Waals surface area contributed by atoms with Crippen molar-refractivity contribution in [1.82, 2.24) is 14.8 Å². The lowest BCUT2D eigenvalue weighted by atomic mass is 9.88. The number of primary amides is 1. The number of amides is 2. The summed E-state index contributed by atoms with van der Waals surface area (Å²) in [6.45, 7) is 5.04. The third kappa shape index (κ3) is 4.51. The van der Waals surface area contributed by atoms with E-state index in [4.69, 9.17) is 5.73 Å². The molecule has 2 aliphatic carbocycles. The molecule has 1 aromatic carbocycles. The van der Waals surface area contributed by atoms with Gasteiger partial charge in [0.1, 0.15) is 10.8 Å². The van der Waals surface area contributed by atoms with Crippen molar-refractivity contribution < 1.29 is 9.59 Å². The fraction of sp³-hybridized carbons (Fsp3) is 0.440. The molecule has 9 heteroatoms. The molecule has 2 aliphatic rings. The van der Waals surface area contributed by atoms with E-state index in [0.717, 1.165) is 48.8 Å². The molecule has 1 fully saturated rings. The zero-order valence-corrected chi connectivity index (χ0v) is 21.0. The number of thiophene rings is 1. The first-order valence-corrected chi connectivity index (χ1v) is 13.6. The number of benzene rings is 1. The monoisotopic (exact) mass is 495 g/mol. The molecule has 7 nitrogen and oxygen atoms in total. The van der Waals surface area contributed by atoms with Crippen LogP contribution in [0.5, 0.6) is 0 Å². The van der Waals surface area contributed by atoms with E-state index in [1.54, 1.807) is 0 Å². The zero-order valence-electron chi connectivity index (χ0n) is 19.4. The lowest BCUT2D eigenvalue weighted by molar-refractivity contribution is -0.113. The molecule has 0 bridgehead atoms. The van der Waals surface area contributed by atoms with Crippen LogP contribution in [0.4, 0.5) is 5.00 Å². The highest BCUT2D eigenvalue weighted by molar-refractivity contribution is 7.99. The van der Waals surface area contributed by atoms with Crippen LogP contribution in [0, 0.1) is 5.92 Å². The Morgan fingerprint density at radius 3 is 2.76 bits per heavy atom. The lowest BCUT2D eigenvalue weighted by Crippen LogP contribution is -2.20. The molecule has 3 atom stereocenters. The second-order valence-corrected chi connectivity index (χ2v) is 11.2. The molecule has 0 saturated heterocycles. The van der Waals surface area contributed by atoms with E-state index in [2.05, 4.69) is 58.2 Å². The van der Waals surface area contributed by atoms with Gasteiger partial charge < -0.3 is 15.6 Å². The molecule has 3 unspecified atom stereocenters. The minimum atomic E-state index is -0.470. The van der Waals surface area contributed by atoms with Gasteiger partial charge in [0.15, 0.2) is 5.16 Å². The summed E-state index contributed by atoms with van der Waals surface area (Å²) in [5.74, 6) is 1.99. The number of rotatable bonds is 8. The Balaban J connectivity index is 1.25. The van der Waals surface area contributed by atoms with Crippen LogP contribution < -0.4 is 11.1 Å². The van der Waals surface area contributed by atoms with Crippen molar-refractivity contribution in [2.75, 3.05) is 11.1 Å². The number of hydrogen-bond acceptors (Lipinski definition) is 6. The average molecular weight is 496 g/mol. The molecule has 0 radical (unpaired) electrons. The molecular formula is C25H29N5O2S2. The van der Waals surface area contributed by atoms with Gasteiger partial charge in [0, 0.05) is 17.3 Å². The Labute approximate surface area is 207 Å². The molecule has 0 spiro atoms. The van der Waals surface area contributed by atoms with Crippen LogP contribution in [0.25, 0.3) is 0 Å². The van der Waals surface area contributed by atoms with Gasteiger partial charge in [-0.15, -0.1) is 21.5 Å². The number of nitrogens with zero attached hydrogens (tertiary/aromatic N) is 3. The van der Waals surface area contributed by atoms with Gasteiger partial charge in [-0.1, -0.05) is 49.0 Å². The molecule has 34 heavy (non-hydrogen) atoms.